The summed E-state index contributed by atoms with van der Waals surface area (Å²) in [6, 6.07) is 3.33. The molecule has 0 saturated heterocycles. The first-order valence-electron chi connectivity index (χ1n) is 8.63. The lowest BCUT2D eigenvalue weighted by Crippen LogP contribution is -2.45. The first-order chi connectivity index (χ1) is 12.8. The summed E-state index contributed by atoms with van der Waals surface area (Å²) in [5, 5.41) is 2.56. The maximum Gasteiger partial charge on any atom is 0.477 e. The predicted molar refractivity (Wildman–Crippen MR) is 94.2 cm³/mol. The van der Waals surface area contributed by atoms with Crippen molar-refractivity contribution in [2.24, 2.45) is 0 Å². The first-order valence-corrected chi connectivity index (χ1v) is 8.63. The van der Waals surface area contributed by atoms with Crippen LogP contribution in [0.2, 0.25) is 0 Å². The average molecular weight is 384 g/mol. The molecular weight excluding hydrogens is 356 g/mol. The summed E-state index contributed by atoms with van der Waals surface area (Å²) < 4.78 is 6.92. The maximum atomic E-state index is 12.2. The van der Waals surface area contributed by atoms with E-state index >= 15 is 0 Å². The number of nitrogens with one attached hydrogen (secondary N) is 1. The summed E-state index contributed by atoms with van der Waals surface area (Å²) in [7, 11) is 1.17. The molecule has 0 spiro atoms. The van der Waals surface area contributed by atoms with Crippen molar-refractivity contribution in [2.75, 3.05) is 20.3 Å². The van der Waals surface area contributed by atoms with E-state index in [9.17, 15) is 14.5 Å². The van der Waals surface area contributed by atoms with Gasteiger partial charge in [0.25, 0.3) is 12.6 Å². The topological polar surface area (TPSA) is 101 Å². The fourth-order valence-electron chi connectivity index (χ4n) is 2.40. The number of pyridine rings is 1. The van der Waals surface area contributed by atoms with Gasteiger partial charge < -0.3 is 15.0 Å². The van der Waals surface area contributed by atoms with E-state index in [4.69, 9.17) is 4.74 Å². The van der Waals surface area contributed by atoms with Crippen molar-refractivity contribution >= 4 is 12.0 Å². The van der Waals surface area contributed by atoms with E-state index in [1.807, 2.05) is 27.7 Å². The van der Waals surface area contributed by atoms with Gasteiger partial charge in [-0.05, 0) is 33.8 Å². The molecule has 0 fully saturated rings. The van der Waals surface area contributed by atoms with E-state index in [0.717, 1.165) is 0 Å². The number of carbonyl (C=O) groups excluding carboxylic acids is 2. The molecule has 1 aromatic heterocycles. The molecule has 0 aromatic carbocycles. The lowest BCUT2D eigenvalue weighted by molar-refractivity contribution is -0.976. The van der Waals surface area contributed by atoms with Crippen molar-refractivity contribution in [2.45, 2.75) is 46.5 Å². The average Bonchev–Trinajstić information content (AvgIpc) is 2.62. The fourth-order valence-corrected chi connectivity index (χ4v) is 2.40. The molecule has 0 radical (unpaired) electrons. The molecule has 1 N–H and O–H groups in total. The fraction of sp³-hybridized carbons (Fsp3) is 0.588. The van der Waals surface area contributed by atoms with Crippen molar-refractivity contribution in [3.63, 3.8) is 0 Å². The van der Waals surface area contributed by atoms with Gasteiger partial charge in [0.2, 0.25) is 0 Å². The van der Waals surface area contributed by atoms with E-state index in [2.05, 4.69) is 15.0 Å². The monoisotopic (exact) mass is 384 g/mol. The Labute approximate surface area is 158 Å². The quantitative estimate of drug-likeness (QED) is 0.369. The van der Waals surface area contributed by atoms with Crippen molar-refractivity contribution in [1.29, 1.82) is 0 Å². The summed E-state index contributed by atoms with van der Waals surface area (Å²) in [6.07, 6.45) is 2.84. The lowest BCUT2D eigenvalue weighted by Gasteiger charge is -2.28. The van der Waals surface area contributed by atoms with E-state index in [0.29, 0.717) is 5.56 Å². The second kappa shape index (κ2) is 10.9. The third-order valence-corrected chi connectivity index (χ3v) is 3.51. The summed E-state index contributed by atoms with van der Waals surface area (Å²) in [6.45, 7) is 7.75. The number of hydrogen-bond acceptors (Lipinski definition) is 6. The van der Waals surface area contributed by atoms with Crippen LogP contribution in [0.5, 0.6) is 0 Å². The molecule has 10 nitrogen and oxygen atoms in total. The van der Waals surface area contributed by atoms with Crippen LogP contribution >= 0.6 is 0 Å². The molecule has 1 heterocycles. The van der Waals surface area contributed by atoms with E-state index in [1.165, 1.54) is 7.11 Å². The second-order valence-electron chi connectivity index (χ2n) is 6.24. The Kier molecular flexibility index (Phi) is 8.97. The van der Waals surface area contributed by atoms with Crippen LogP contribution in [-0.2, 0) is 21.1 Å². The SMILES string of the molecule is CO[N+](=O)OCCNC(=O)c1ccc[n+](COC(=O)N(C(C)C)C(C)C)c1. The van der Waals surface area contributed by atoms with Crippen molar-refractivity contribution in [3.8, 4) is 0 Å². The standard InChI is InChI=1S/C17H27N4O6/c1-13(2)20(14(3)4)17(23)26-12-19-9-6-7-15(11-19)16(22)18-8-10-27-21(24)25-5/h6-7,9,11,13-14H,8,10,12H2,1-5H3/q+1/p+1. The highest BCUT2D eigenvalue weighted by Gasteiger charge is 2.22. The zero-order valence-corrected chi connectivity index (χ0v) is 16.4. The minimum Gasteiger partial charge on any atom is -0.388 e. The molecule has 0 unspecified atom stereocenters. The molecule has 1 rings (SSSR count). The summed E-state index contributed by atoms with van der Waals surface area (Å²) in [5.74, 6) is -0.347. The van der Waals surface area contributed by atoms with Gasteiger partial charge in [0.05, 0.1) is 6.54 Å². The van der Waals surface area contributed by atoms with Crippen LogP contribution in [-0.4, -0.2) is 54.3 Å². The van der Waals surface area contributed by atoms with Crippen LogP contribution in [0.3, 0.4) is 0 Å². The van der Waals surface area contributed by atoms with Crippen molar-refractivity contribution in [3.05, 3.63) is 35.0 Å². The van der Waals surface area contributed by atoms with Gasteiger partial charge in [0.15, 0.2) is 26.1 Å². The Bertz CT molecular complexity index is 642. The maximum absolute atomic E-state index is 12.2. The molecule has 0 bridgehead atoms. The van der Waals surface area contributed by atoms with Gasteiger partial charge in [-0.15, -0.1) is 0 Å². The highest BCUT2D eigenvalue weighted by molar-refractivity contribution is 5.93. The van der Waals surface area contributed by atoms with Crippen molar-refractivity contribution in [1.82, 2.24) is 10.2 Å². The smallest absolute Gasteiger partial charge is 0.388 e. The Hall–Kier alpha value is -2.91. The van der Waals surface area contributed by atoms with Gasteiger partial charge in [-0.25, -0.2) is 4.79 Å². The molecule has 0 aliphatic heterocycles. The molecule has 27 heavy (non-hydrogen) atoms. The highest BCUT2D eigenvalue weighted by Crippen LogP contribution is 2.07. The molecule has 0 aliphatic carbocycles. The number of aromatic nitrogens is 1. The van der Waals surface area contributed by atoms with Gasteiger partial charge in [0.1, 0.15) is 10.5 Å². The van der Waals surface area contributed by atoms with Crippen LogP contribution in [0.4, 0.5) is 4.79 Å². The molecule has 0 saturated carbocycles. The molecular formula is C17H28N4O6+2. The van der Waals surface area contributed by atoms with Gasteiger partial charge in [-0.1, -0.05) is 0 Å². The number of rotatable bonds is 10. The molecule has 2 amide bonds. The number of amides is 2. The molecule has 1 aromatic rings. The molecule has 0 aliphatic rings. The summed E-state index contributed by atoms with van der Waals surface area (Å²) >= 11 is 0. The van der Waals surface area contributed by atoms with Crippen molar-refractivity contribution < 1.29 is 33.7 Å². The largest absolute Gasteiger partial charge is 0.477 e. The van der Waals surface area contributed by atoms with E-state index in [-0.39, 0.29) is 43.0 Å². The first kappa shape index (κ1) is 22.1. The predicted octanol–water partition coefficient (Wildman–Crippen LogP) is 1.19. The Balaban J connectivity index is 2.57. The number of hydrogen-bond donors (Lipinski definition) is 1. The summed E-state index contributed by atoms with van der Waals surface area (Å²) in [5.41, 5.74) is 0.379. The number of carbonyl (C=O) groups is 2. The number of ether oxygens (including phenoxy) is 1. The second-order valence-corrected chi connectivity index (χ2v) is 6.24. The van der Waals surface area contributed by atoms with Crippen LogP contribution in [0.15, 0.2) is 24.5 Å². The van der Waals surface area contributed by atoms with Crippen LogP contribution in [0, 0.1) is 4.91 Å². The van der Waals surface area contributed by atoms with Gasteiger partial charge in [-0.2, -0.15) is 14.2 Å². The van der Waals surface area contributed by atoms with E-state index in [1.54, 1.807) is 34.0 Å². The van der Waals surface area contributed by atoms with Crippen LogP contribution in [0.25, 0.3) is 0 Å². The van der Waals surface area contributed by atoms with Gasteiger partial charge in [0, 0.05) is 18.2 Å². The highest BCUT2D eigenvalue weighted by atomic mass is 17.0. The molecule has 10 heteroatoms. The Morgan fingerprint density at radius 3 is 2.52 bits per heavy atom. The Morgan fingerprint density at radius 2 is 1.93 bits per heavy atom. The third-order valence-electron chi connectivity index (χ3n) is 3.51. The normalized spacial score (nSPS) is 10.5. The van der Waals surface area contributed by atoms with E-state index < -0.39 is 6.09 Å². The Morgan fingerprint density at radius 1 is 1.26 bits per heavy atom. The summed E-state index contributed by atoms with van der Waals surface area (Å²) in [4.78, 5) is 45.6. The third kappa shape index (κ3) is 7.47. The zero-order chi connectivity index (χ0) is 20.4. The minimum atomic E-state index is -0.417. The molecule has 150 valence electrons. The molecule has 0 atom stereocenters. The van der Waals surface area contributed by atoms with Crippen LogP contribution < -0.4 is 9.88 Å². The lowest BCUT2D eigenvalue weighted by atomic mass is 10.2. The van der Waals surface area contributed by atoms with Crippen LogP contribution in [0.1, 0.15) is 38.1 Å². The van der Waals surface area contributed by atoms with Gasteiger partial charge in [-0.3, -0.25) is 4.79 Å². The van der Waals surface area contributed by atoms with Gasteiger partial charge >= 0.3 is 11.2 Å². The minimum absolute atomic E-state index is 0.0159. The zero-order valence-electron chi connectivity index (χ0n) is 16.4. The number of nitrogens with zero attached hydrogens (tertiary/aromatic N) is 3.